The Hall–Kier alpha value is -5.33. The Bertz CT molecular complexity index is 2000. The molecule has 0 fully saturated rings. The molecule has 1 aliphatic carbocycles. The summed E-state index contributed by atoms with van der Waals surface area (Å²) in [6.45, 7) is 13.7. The number of nitrogens with zero attached hydrogens (tertiary/aromatic N) is 3. The number of terminal acetylenes is 1. The maximum absolute atomic E-state index is 14.9. The number of aromatic hydroxyl groups is 1. The maximum atomic E-state index is 14.9. The average molecular weight is 718 g/mol. The highest BCUT2D eigenvalue weighted by Crippen LogP contribution is 2.47. The number of unbranched alkanes of at least 4 members (excludes halogenated alkanes) is 2. The number of fused-ring (bicyclic) bond motifs is 1. The van der Waals surface area contributed by atoms with E-state index in [2.05, 4.69) is 42.4 Å². The minimum absolute atomic E-state index is 0.0593. The SMILES string of the molecule is C#Cc1cccc(N(C(=O)Oc2cc(CCCCC)cc(O)c2C2C=C(C)CCC2C(=C)C)c2ncnc3cc(OCCOC)c(OCCC)cc23)c1. The lowest BCUT2D eigenvalue weighted by molar-refractivity contribution is 0.143. The van der Waals surface area contributed by atoms with Crippen molar-refractivity contribution in [3.05, 3.63) is 95.3 Å². The molecule has 0 bridgehead atoms. The number of hydrogen-bond acceptors (Lipinski definition) is 8. The van der Waals surface area contributed by atoms with Crippen LogP contribution in [0.4, 0.5) is 16.3 Å². The average Bonchev–Trinajstić information content (AvgIpc) is 3.14. The van der Waals surface area contributed by atoms with Crippen molar-refractivity contribution in [2.75, 3.05) is 31.8 Å². The van der Waals surface area contributed by atoms with Crippen molar-refractivity contribution in [3.8, 4) is 35.3 Å². The van der Waals surface area contributed by atoms with E-state index in [0.717, 1.165) is 56.1 Å². The molecule has 0 spiro atoms. The molecule has 1 amide bonds. The molecule has 1 N–H and O–H groups in total. The van der Waals surface area contributed by atoms with E-state index in [0.29, 0.717) is 64.8 Å². The smallest absolute Gasteiger partial charge is 0.425 e. The summed E-state index contributed by atoms with van der Waals surface area (Å²) in [6.07, 6.45) is 15.0. The zero-order valence-electron chi connectivity index (χ0n) is 31.6. The summed E-state index contributed by atoms with van der Waals surface area (Å²) in [7, 11) is 1.61. The van der Waals surface area contributed by atoms with Gasteiger partial charge in [-0.05, 0) is 93.8 Å². The van der Waals surface area contributed by atoms with Crippen LogP contribution in [0.15, 0.2) is 78.7 Å². The molecule has 1 heterocycles. The van der Waals surface area contributed by atoms with E-state index >= 15 is 0 Å². The summed E-state index contributed by atoms with van der Waals surface area (Å²) in [5.74, 6) is 4.12. The van der Waals surface area contributed by atoms with Crippen LogP contribution in [0, 0.1) is 18.3 Å². The van der Waals surface area contributed by atoms with Gasteiger partial charge in [0.05, 0.1) is 24.4 Å². The topological polar surface area (TPSA) is 103 Å². The standard InChI is InChI=1S/C44H51N3O6/c1-8-11-12-14-32-24-38(48)42(35-22-30(6)17-18-34(35)29(4)5)41(25-32)53-44(49)47(33-16-13-15-31(10-3)23-33)43-36-26-39(51-19-9-2)40(52-21-20-50-7)27-37(36)45-28-46-43/h3,13,15-16,22-28,34-35,48H,4,8-9,11-12,14,17-21H2,1-2,5-7H3. The number of aromatic nitrogens is 2. The molecule has 0 radical (unpaired) electrons. The molecule has 0 saturated heterocycles. The zero-order chi connectivity index (χ0) is 37.9. The molecule has 9 nitrogen and oxygen atoms in total. The van der Waals surface area contributed by atoms with Crippen LogP contribution in [0.5, 0.6) is 23.0 Å². The molecule has 2 unspecified atom stereocenters. The van der Waals surface area contributed by atoms with E-state index in [-0.39, 0.29) is 23.4 Å². The molecule has 1 aliphatic rings. The Balaban J connectivity index is 1.68. The van der Waals surface area contributed by atoms with Crippen molar-refractivity contribution in [2.24, 2.45) is 5.92 Å². The zero-order valence-corrected chi connectivity index (χ0v) is 31.6. The first kappa shape index (κ1) is 38.9. The fraction of sp³-hybridized carbons (Fsp3) is 0.386. The Morgan fingerprint density at radius 3 is 2.55 bits per heavy atom. The first-order valence-electron chi connectivity index (χ1n) is 18.5. The lowest BCUT2D eigenvalue weighted by atomic mass is 9.73. The van der Waals surface area contributed by atoms with E-state index in [1.807, 2.05) is 26.0 Å². The molecule has 9 heteroatoms. The molecule has 2 atom stereocenters. The second-order valence-electron chi connectivity index (χ2n) is 13.6. The molecular weight excluding hydrogens is 666 g/mol. The number of amides is 1. The Labute approximate surface area is 313 Å². The molecular formula is C44H51N3O6. The number of allylic oxidation sites excluding steroid dienone is 3. The molecule has 278 valence electrons. The minimum Gasteiger partial charge on any atom is -0.507 e. The quantitative estimate of drug-likeness (QED) is 0.0694. The first-order chi connectivity index (χ1) is 25.7. The summed E-state index contributed by atoms with van der Waals surface area (Å²) in [6, 6.07) is 14.3. The number of rotatable bonds is 16. The van der Waals surface area contributed by atoms with Gasteiger partial charge < -0.3 is 24.1 Å². The van der Waals surface area contributed by atoms with E-state index in [9.17, 15) is 9.90 Å². The summed E-state index contributed by atoms with van der Waals surface area (Å²) < 4.78 is 23.8. The molecule has 1 aromatic heterocycles. The summed E-state index contributed by atoms with van der Waals surface area (Å²) in [5.41, 5.74) is 5.21. The highest BCUT2D eigenvalue weighted by Gasteiger charge is 2.33. The highest BCUT2D eigenvalue weighted by atomic mass is 16.6. The number of carbonyl (C=O) groups is 1. The summed E-state index contributed by atoms with van der Waals surface area (Å²) in [5, 5.41) is 12.3. The van der Waals surface area contributed by atoms with E-state index < -0.39 is 6.09 Å². The highest BCUT2D eigenvalue weighted by molar-refractivity contribution is 6.05. The predicted octanol–water partition coefficient (Wildman–Crippen LogP) is 10.2. The van der Waals surface area contributed by atoms with Crippen LogP contribution in [-0.2, 0) is 11.2 Å². The van der Waals surface area contributed by atoms with Crippen molar-refractivity contribution in [2.45, 2.75) is 78.6 Å². The van der Waals surface area contributed by atoms with E-state index in [4.69, 9.17) is 25.4 Å². The van der Waals surface area contributed by atoms with Crippen molar-refractivity contribution >= 4 is 28.5 Å². The Morgan fingerprint density at radius 2 is 1.81 bits per heavy atom. The number of aryl methyl sites for hydroxylation is 1. The second-order valence-corrected chi connectivity index (χ2v) is 13.6. The second kappa shape index (κ2) is 18.4. The number of phenolic OH excluding ortho intramolecular Hbond substituents is 1. The number of anilines is 2. The third kappa shape index (κ3) is 9.37. The van der Waals surface area contributed by atoms with Crippen LogP contribution in [0.1, 0.15) is 88.8 Å². The Kier molecular flexibility index (Phi) is 13.5. The van der Waals surface area contributed by atoms with Gasteiger partial charge in [-0.3, -0.25) is 0 Å². The van der Waals surface area contributed by atoms with Gasteiger partial charge in [-0.1, -0.05) is 62.5 Å². The van der Waals surface area contributed by atoms with Gasteiger partial charge in [-0.2, -0.15) is 0 Å². The third-order valence-corrected chi connectivity index (χ3v) is 9.51. The first-order valence-corrected chi connectivity index (χ1v) is 18.5. The van der Waals surface area contributed by atoms with Crippen LogP contribution in [0.3, 0.4) is 0 Å². The summed E-state index contributed by atoms with van der Waals surface area (Å²) >= 11 is 0. The molecule has 53 heavy (non-hydrogen) atoms. The van der Waals surface area contributed by atoms with Gasteiger partial charge in [0.1, 0.15) is 24.4 Å². The van der Waals surface area contributed by atoms with Gasteiger partial charge in [-0.15, -0.1) is 6.42 Å². The normalized spacial score (nSPS) is 15.4. The monoisotopic (exact) mass is 717 g/mol. The number of phenols is 1. The van der Waals surface area contributed by atoms with Crippen LogP contribution < -0.4 is 19.1 Å². The lowest BCUT2D eigenvalue weighted by Crippen LogP contribution is -2.31. The fourth-order valence-electron chi connectivity index (χ4n) is 6.81. The molecule has 0 saturated carbocycles. The van der Waals surface area contributed by atoms with Crippen molar-refractivity contribution in [3.63, 3.8) is 0 Å². The van der Waals surface area contributed by atoms with Crippen molar-refractivity contribution in [1.29, 1.82) is 0 Å². The van der Waals surface area contributed by atoms with Gasteiger partial charge >= 0.3 is 6.09 Å². The third-order valence-electron chi connectivity index (χ3n) is 9.51. The molecule has 3 aromatic carbocycles. The van der Waals surface area contributed by atoms with Crippen LogP contribution >= 0.6 is 0 Å². The fourth-order valence-corrected chi connectivity index (χ4v) is 6.81. The largest absolute Gasteiger partial charge is 0.507 e. The van der Waals surface area contributed by atoms with Gasteiger partial charge in [0, 0.05) is 35.6 Å². The lowest BCUT2D eigenvalue weighted by Gasteiger charge is -2.32. The van der Waals surface area contributed by atoms with Crippen LogP contribution in [0.2, 0.25) is 0 Å². The maximum Gasteiger partial charge on any atom is 0.425 e. The number of ether oxygens (including phenoxy) is 4. The number of hydrogen-bond donors (Lipinski definition) is 1. The van der Waals surface area contributed by atoms with Crippen molar-refractivity contribution < 1.29 is 28.8 Å². The number of benzene rings is 3. The van der Waals surface area contributed by atoms with Gasteiger partial charge in [-0.25, -0.2) is 19.7 Å². The number of methoxy groups -OCH3 is 1. The van der Waals surface area contributed by atoms with Crippen LogP contribution in [-0.4, -0.2) is 48.1 Å². The molecule has 0 aliphatic heterocycles. The molecule has 5 rings (SSSR count). The predicted molar refractivity (Wildman–Crippen MR) is 211 cm³/mol. The summed E-state index contributed by atoms with van der Waals surface area (Å²) in [4.78, 5) is 25.4. The van der Waals surface area contributed by atoms with Gasteiger partial charge in [0.25, 0.3) is 0 Å². The van der Waals surface area contributed by atoms with E-state index in [1.165, 1.54) is 16.8 Å². The van der Waals surface area contributed by atoms with Gasteiger partial charge in [0.15, 0.2) is 17.3 Å². The van der Waals surface area contributed by atoms with Gasteiger partial charge in [0.2, 0.25) is 0 Å². The Morgan fingerprint density at radius 1 is 1.02 bits per heavy atom. The number of carbonyl (C=O) groups excluding carboxylic acids is 1. The van der Waals surface area contributed by atoms with Crippen molar-refractivity contribution in [1.82, 2.24) is 9.97 Å². The molecule has 4 aromatic rings. The minimum atomic E-state index is -0.731. The van der Waals surface area contributed by atoms with E-state index in [1.54, 1.807) is 43.5 Å². The van der Waals surface area contributed by atoms with Crippen LogP contribution in [0.25, 0.3) is 10.9 Å².